The van der Waals surface area contributed by atoms with Crippen LogP contribution >= 0.6 is 23.4 Å². The van der Waals surface area contributed by atoms with Gasteiger partial charge in [-0.2, -0.15) is 0 Å². The van der Waals surface area contributed by atoms with Crippen molar-refractivity contribution in [2.24, 2.45) is 0 Å². The van der Waals surface area contributed by atoms with E-state index in [1.54, 1.807) is 17.8 Å². The van der Waals surface area contributed by atoms with Crippen LogP contribution in [0.3, 0.4) is 0 Å². The van der Waals surface area contributed by atoms with Gasteiger partial charge in [-0.3, -0.25) is 4.57 Å². The van der Waals surface area contributed by atoms with Gasteiger partial charge in [0.2, 0.25) is 5.95 Å². The predicted octanol–water partition coefficient (Wildman–Crippen LogP) is 2.99. The van der Waals surface area contributed by atoms with E-state index in [0.29, 0.717) is 12.5 Å². The smallest absolute Gasteiger partial charge is 0.222 e. The van der Waals surface area contributed by atoms with E-state index >= 15 is 0 Å². The Balaban J connectivity index is 2.05. The van der Waals surface area contributed by atoms with Gasteiger partial charge in [0.1, 0.15) is 0 Å². The van der Waals surface area contributed by atoms with Crippen LogP contribution in [0, 0.1) is 0 Å². The van der Waals surface area contributed by atoms with E-state index in [1.165, 1.54) is 5.56 Å². The Hall–Kier alpha value is -1.46. The second-order valence-corrected chi connectivity index (χ2v) is 5.03. The van der Waals surface area contributed by atoms with Crippen molar-refractivity contribution in [2.45, 2.75) is 17.5 Å². The molecule has 0 saturated heterocycles. The average Bonchev–Trinajstić information content (AvgIpc) is 2.71. The molecule has 0 aliphatic heterocycles. The molecule has 0 aliphatic carbocycles. The van der Waals surface area contributed by atoms with E-state index in [2.05, 4.69) is 16.8 Å². The highest BCUT2D eigenvalue weighted by Crippen LogP contribution is 2.23. The van der Waals surface area contributed by atoms with Gasteiger partial charge in [0.05, 0.1) is 0 Å². The molecule has 6 heteroatoms. The van der Waals surface area contributed by atoms with Gasteiger partial charge in [-0.15, -0.1) is 16.8 Å². The van der Waals surface area contributed by atoms with Crippen molar-refractivity contribution >= 4 is 29.3 Å². The van der Waals surface area contributed by atoms with E-state index in [0.717, 1.165) is 15.9 Å². The van der Waals surface area contributed by atoms with Crippen molar-refractivity contribution in [2.75, 3.05) is 5.73 Å². The van der Waals surface area contributed by atoms with Crippen molar-refractivity contribution < 1.29 is 0 Å². The lowest BCUT2D eigenvalue weighted by Gasteiger charge is -2.04. The SMILES string of the molecule is C=CCn1c(N)nnc1SCc1ccc(Cl)cc1. The zero-order valence-corrected chi connectivity index (χ0v) is 11.3. The third kappa shape index (κ3) is 3.05. The number of rotatable bonds is 5. The molecule has 0 bridgehead atoms. The maximum Gasteiger partial charge on any atom is 0.222 e. The van der Waals surface area contributed by atoms with Crippen molar-refractivity contribution in [1.82, 2.24) is 14.8 Å². The Morgan fingerprint density at radius 2 is 2.06 bits per heavy atom. The Labute approximate surface area is 115 Å². The van der Waals surface area contributed by atoms with Crippen LogP contribution in [0.2, 0.25) is 5.02 Å². The Bertz CT molecular complexity index is 536. The number of nitrogens with two attached hydrogens (primary N) is 1. The minimum atomic E-state index is 0.411. The monoisotopic (exact) mass is 280 g/mol. The number of benzene rings is 1. The lowest BCUT2D eigenvalue weighted by atomic mass is 10.2. The molecule has 2 N–H and O–H groups in total. The summed E-state index contributed by atoms with van der Waals surface area (Å²) in [5, 5.41) is 9.44. The molecule has 1 aromatic carbocycles. The lowest BCUT2D eigenvalue weighted by Crippen LogP contribution is -2.03. The number of allylic oxidation sites excluding steroid dienone is 1. The fourth-order valence-corrected chi connectivity index (χ4v) is 2.47. The number of anilines is 1. The van der Waals surface area contributed by atoms with E-state index in [-0.39, 0.29) is 0 Å². The summed E-state index contributed by atoms with van der Waals surface area (Å²) in [7, 11) is 0. The average molecular weight is 281 g/mol. The first-order valence-electron chi connectivity index (χ1n) is 5.37. The molecule has 0 spiro atoms. The van der Waals surface area contributed by atoms with Gasteiger partial charge in [0.15, 0.2) is 5.16 Å². The number of hydrogen-bond donors (Lipinski definition) is 1. The van der Waals surface area contributed by atoms with Gasteiger partial charge >= 0.3 is 0 Å². The third-order valence-corrected chi connectivity index (χ3v) is 3.63. The van der Waals surface area contributed by atoms with Crippen LogP contribution in [-0.4, -0.2) is 14.8 Å². The fraction of sp³-hybridized carbons (Fsp3) is 0.167. The number of halogens is 1. The number of hydrogen-bond acceptors (Lipinski definition) is 4. The minimum absolute atomic E-state index is 0.411. The number of nitrogen functional groups attached to an aromatic ring is 1. The highest BCUT2D eigenvalue weighted by atomic mass is 35.5. The van der Waals surface area contributed by atoms with Crippen molar-refractivity contribution in [3.05, 3.63) is 47.5 Å². The van der Waals surface area contributed by atoms with Crippen LogP contribution < -0.4 is 5.73 Å². The van der Waals surface area contributed by atoms with Crippen molar-refractivity contribution in [3.8, 4) is 0 Å². The molecule has 0 saturated carbocycles. The van der Waals surface area contributed by atoms with Crippen molar-refractivity contribution in [3.63, 3.8) is 0 Å². The van der Waals surface area contributed by atoms with Crippen LogP contribution in [0.1, 0.15) is 5.56 Å². The molecule has 4 nitrogen and oxygen atoms in total. The molecule has 0 unspecified atom stereocenters. The second-order valence-electron chi connectivity index (χ2n) is 3.66. The Morgan fingerprint density at radius 3 is 2.72 bits per heavy atom. The normalized spacial score (nSPS) is 10.5. The summed E-state index contributed by atoms with van der Waals surface area (Å²) in [4.78, 5) is 0. The molecular weight excluding hydrogens is 268 g/mol. The summed E-state index contributed by atoms with van der Waals surface area (Å²) in [5.41, 5.74) is 6.90. The molecular formula is C12H13ClN4S. The molecule has 0 aliphatic rings. The maximum absolute atomic E-state index is 5.84. The Morgan fingerprint density at radius 1 is 1.33 bits per heavy atom. The summed E-state index contributed by atoms with van der Waals surface area (Å²) in [6.45, 7) is 4.30. The summed E-state index contributed by atoms with van der Waals surface area (Å²) >= 11 is 7.42. The molecule has 94 valence electrons. The molecule has 2 aromatic rings. The van der Waals surface area contributed by atoms with Crippen LogP contribution in [-0.2, 0) is 12.3 Å². The van der Waals surface area contributed by atoms with Gasteiger partial charge in [-0.25, -0.2) is 0 Å². The largest absolute Gasteiger partial charge is 0.368 e. The van der Waals surface area contributed by atoms with E-state index in [9.17, 15) is 0 Å². The summed E-state index contributed by atoms with van der Waals surface area (Å²) in [6.07, 6.45) is 1.77. The highest BCUT2D eigenvalue weighted by Gasteiger charge is 2.08. The fourth-order valence-electron chi connectivity index (χ4n) is 1.44. The quantitative estimate of drug-likeness (QED) is 0.676. The van der Waals surface area contributed by atoms with Crippen LogP contribution in [0.4, 0.5) is 5.95 Å². The molecule has 0 amide bonds. The van der Waals surface area contributed by atoms with Gasteiger partial charge in [0.25, 0.3) is 0 Å². The number of thioether (sulfide) groups is 1. The molecule has 0 fully saturated rings. The molecule has 18 heavy (non-hydrogen) atoms. The minimum Gasteiger partial charge on any atom is -0.368 e. The first-order valence-corrected chi connectivity index (χ1v) is 6.74. The van der Waals surface area contributed by atoms with E-state index in [1.807, 2.05) is 28.8 Å². The zero-order valence-electron chi connectivity index (χ0n) is 9.71. The standard InChI is InChI=1S/C12H13ClN4S/c1-2-7-17-11(14)15-16-12(17)18-8-9-3-5-10(13)6-4-9/h2-6H,1,7-8H2,(H2,14,15). The molecule has 1 aromatic heterocycles. The number of nitrogens with zero attached hydrogens (tertiary/aromatic N) is 3. The highest BCUT2D eigenvalue weighted by molar-refractivity contribution is 7.98. The second kappa shape index (κ2) is 5.93. The first-order chi connectivity index (χ1) is 8.70. The number of aromatic nitrogens is 3. The zero-order chi connectivity index (χ0) is 13.0. The molecule has 1 heterocycles. The van der Waals surface area contributed by atoms with E-state index < -0.39 is 0 Å². The maximum atomic E-state index is 5.84. The predicted molar refractivity (Wildman–Crippen MR) is 75.6 cm³/mol. The Kier molecular flexibility index (Phi) is 4.28. The summed E-state index contributed by atoms with van der Waals surface area (Å²) in [5.74, 6) is 1.21. The molecule has 0 atom stereocenters. The van der Waals surface area contributed by atoms with Gasteiger partial charge < -0.3 is 5.73 Å². The first kappa shape index (κ1) is 13.0. The third-order valence-electron chi connectivity index (χ3n) is 2.34. The summed E-state index contributed by atoms with van der Waals surface area (Å²) in [6, 6.07) is 7.74. The molecule has 0 radical (unpaired) electrons. The van der Waals surface area contributed by atoms with Crippen LogP contribution in [0.15, 0.2) is 42.1 Å². The molecule has 2 rings (SSSR count). The summed E-state index contributed by atoms with van der Waals surface area (Å²) < 4.78 is 1.83. The van der Waals surface area contributed by atoms with Crippen molar-refractivity contribution in [1.29, 1.82) is 0 Å². The van der Waals surface area contributed by atoms with Crippen LogP contribution in [0.25, 0.3) is 0 Å². The van der Waals surface area contributed by atoms with Gasteiger partial charge in [-0.1, -0.05) is 41.6 Å². The lowest BCUT2D eigenvalue weighted by molar-refractivity contribution is 0.733. The van der Waals surface area contributed by atoms with Gasteiger partial charge in [0, 0.05) is 17.3 Å². The van der Waals surface area contributed by atoms with Crippen LogP contribution in [0.5, 0.6) is 0 Å². The van der Waals surface area contributed by atoms with Gasteiger partial charge in [-0.05, 0) is 17.7 Å². The topological polar surface area (TPSA) is 56.7 Å². The van der Waals surface area contributed by atoms with E-state index in [4.69, 9.17) is 17.3 Å².